The van der Waals surface area contributed by atoms with E-state index in [2.05, 4.69) is 18.0 Å². The fraction of sp³-hybridized carbons (Fsp3) is 0.250. The molecule has 2 rings (SSSR count). The number of fused-ring (bicyclic) bond motifs is 1. The maximum absolute atomic E-state index is 11.2. The Kier molecular flexibility index (Phi) is 2.35. The van der Waals surface area contributed by atoms with Crippen LogP contribution < -0.4 is 5.32 Å². The molecule has 1 atom stereocenters. The van der Waals surface area contributed by atoms with Crippen molar-refractivity contribution in [3.8, 4) is 0 Å². The molecular formula is C12H13NO. The summed E-state index contributed by atoms with van der Waals surface area (Å²) in [6, 6.07) is 8.14. The molecule has 1 aromatic rings. The van der Waals surface area contributed by atoms with Crippen molar-refractivity contribution in [3.63, 3.8) is 0 Å². The molecule has 1 aliphatic heterocycles. The first-order chi connectivity index (χ1) is 6.81. The Balaban J connectivity index is 2.18. The highest BCUT2D eigenvalue weighted by Gasteiger charge is 2.22. The minimum absolute atomic E-state index is 0.119. The second-order valence-corrected chi connectivity index (χ2v) is 3.54. The Morgan fingerprint density at radius 2 is 2.36 bits per heavy atom. The quantitative estimate of drug-likeness (QED) is 0.736. The van der Waals surface area contributed by atoms with Gasteiger partial charge in [0.25, 0.3) is 0 Å². The zero-order valence-electron chi connectivity index (χ0n) is 7.99. The van der Waals surface area contributed by atoms with Crippen molar-refractivity contribution in [2.75, 3.05) is 11.9 Å². The monoisotopic (exact) mass is 187 g/mol. The van der Waals surface area contributed by atoms with Gasteiger partial charge in [-0.15, -0.1) is 0 Å². The van der Waals surface area contributed by atoms with E-state index in [0.29, 0.717) is 12.3 Å². The van der Waals surface area contributed by atoms with Crippen molar-refractivity contribution in [1.29, 1.82) is 0 Å². The van der Waals surface area contributed by atoms with Crippen molar-refractivity contribution < 1.29 is 4.79 Å². The number of ketones is 1. The van der Waals surface area contributed by atoms with Gasteiger partial charge in [0.2, 0.25) is 0 Å². The van der Waals surface area contributed by atoms with E-state index in [4.69, 9.17) is 0 Å². The van der Waals surface area contributed by atoms with E-state index in [9.17, 15) is 4.79 Å². The molecule has 0 aliphatic carbocycles. The molecule has 2 nitrogen and oxygen atoms in total. The molecule has 0 radical (unpaired) electrons. The zero-order chi connectivity index (χ0) is 9.97. The van der Waals surface area contributed by atoms with Crippen LogP contribution in [0.25, 0.3) is 0 Å². The summed E-state index contributed by atoms with van der Waals surface area (Å²) in [7, 11) is 0. The van der Waals surface area contributed by atoms with Gasteiger partial charge in [0.05, 0.1) is 0 Å². The Labute approximate surface area is 83.6 Å². The number of rotatable bonds is 3. The lowest BCUT2D eigenvalue weighted by Crippen LogP contribution is -2.06. The number of carbonyl (C=O) groups excluding carboxylic acids is 1. The molecule has 1 N–H and O–H groups in total. The van der Waals surface area contributed by atoms with Gasteiger partial charge >= 0.3 is 0 Å². The third kappa shape index (κ3) is 1.55. The molecule has 14 heavy (non-hydrogen) atoms. The van der Waals surface area contributed by atoms with Crippen LogP contribution in [0.4, 0.5) is 5.69 Å². The van der Waals surface area contributed by atoms with Crippen LogP contribution in [-0.4, -0.2) is 12.3 Å². The van der Waals surface area contributed by atoms with Crippen molar-refractivity contribution in [2.24, 2.45) is 0 Å². The number of para-hydroxylation sites is 1. The van der Waals surface area contributed by atoms with Gasteiger partial charge in [0, 0.05) is 24.6 Å². The fourth-order valence-corrected chi connectivity index (χ4v) is 1.87. The minimum Gasteiger partial charge on any atom is -0.384 e. The number of carbonyl (C=O) groups is 1. The first-order valence-electron chi connectivity index (χ1n) is 4.79. The largest absolute Gasteiger partial charge is 0.384 e. The molecule has 1 aliphatic rings. The maximum Gasteiger partial charge on any atom is 0.155 e. The van der Waals surface area contributed by atoms with Crippen LogP contribution in [0.1, 0.15) is 17.9 Å². The van der Waals surface area contributed by atoms with Gasteiger partial charge in [0.1, 0.15) is 0 Å². The second kappa shape index (κ2) is 3.66. The molecule has 0 aromatic heterocycles. The first kappa shape index (κ1) is 9.00. The van der Waals surface area contributed by atoms with Crippen LogP contribution in [0.15, 0.2) is 36.9 Å². The van der Waals surface area contributed by atoms with E-state index in [1.807, 2.05) is 18.2 Å². The predicted molar refractivity (Wildman–Crippen MR) is 57.5 cm³/mol. The average molecular weight is 187 g/mol. The molecule has 0 fully saturated rings. The number of anilines is 1. The topological polar surface area (TPSA) is 29.1 Å². The third-order valence-electron chi connectivity index (χ3n) is 2.61. The summed E-state index contributed by atoms with van der Waals surface area (Å²) in [5.74, 6) is 0.435. The standard InChI is InChI=1S/C12H13NO/c1-2-10(14)7-9-8-13-12-6-4-3-5-11(9)12/h2-6,9,13H,1,7-8H2. The van der Waals surface area contributed by atoms with E-state index in [1.165, 1.54) is 11.6 Å². The number of nitrogens with one attached hydrogen (secondary N) is 1. The average Bonchev–Trinajstić information content (AvgIpc) is 2.62. The fourth-order valence-electron chi connectivity index (χ4n) is 1.87. The van der Waals surface area contributed by atoms with Crippen LogP contribution in [0, 0.1) is 0 Å². The number of hydrogen-bond donors (Lipinski definition) is 1. The molecule has 1 aromatic carbocycles. The highest BCUT2D eigenvalue weighted by atomic mass is 16.1. The van der Waals surface area contributed by atoms with Crippen LogP contribution in [-0.2, 0) is 4.79 Å². The van der Waals surface area contributed by atoms with Crippen molar-refractivity contribution in [2.45, 2.75) is 12.3 Å². The Hall–Kier alpha value is -1.57. The molecular weight excluding hydrogens is 174 g/mol. The molecule has 0 bridgehead atoms. The molecule has 0 spiro atoms. The predicted octanol–water partition coefficient (Wildman–Crippen LogP) is 2.34. The van der Waals surface area contributed by atoms with Gasteiger partial charge in [-0.2, -0.15) is 0 Å². The molecule has 0 amide bonds. The number of benzene rings is 1. The van der Waals surface area contributed by atoms with Crippen LogP contribution in [0.3, 0.4) is 0 Å². The summed E-state index contributed by atoms with van der Waals surface area (Å²) in [5, 5.41) is 3.29. The third-order valence-corrected chi connectivity index (χ3v) is 2.61. The van der Waals surface area contributed by atoms with Gasteiger partial charge in [-0.3, -0.25) is 4.79 Å². The lowest BCUT2D eigenvalue weighted by atomic mass is 9.96. The van der Waals surface area contributed by atoms with Crippen LogP contribution in [0.2, 0.25) is 0 Å². The molecule has 72 valence electrons. The van der Waals surface area contributed by atoms with Crippen LogP contribution in [0.5, 0.6) is 0 Å². The maximum atomic E-state index is 11.2. The Morgan fingerprint density at radius 3 is 3.14 bits per heavy atom. The number of hydrogen-bond acceptors (Lipinski definition) is 2. The molecule has 1 unspecified atom stereocenters. The minimum atomic E-state index is 0.119. The SMILES string of the molecule is C=CC(=O)CC1CNc2ccccc21. The molecule has 0 saturated heterocycles. The van der Waals surface area contributed by atoms with E-state index >= 15 is 0 Å². The Bertz CT molecular complexity index is 370. The first-order valence-corrected chi connectivity index (χ1v) is 4.79. The summed E-state index contributed by atoms with van der Waals surface area (Å²) in [4.78, 5) is 11.2. The van der Waals surface area contributed by atoms with E-state index in [1.54, 1.807) is 0 Å². The number of allylic oxidation sites excluding steroid dienone is 1. The van der Waals surface area contributed by atoms with E-state index in [0.717, 1.165) is 12.2 Å². The zero-order valence-corrected chi connectivity index (χ0v) is 7.99. The highest BCUT2D eigenvalue weighted by molar-refractivity contribution is 5.90. The van der Waals surface area contributed by atoms with E-state index < -0.39 is 0 Å². The molecule has 2 heteroatoms. The van der Waals surface area contributed by atoms with Crippen molar-refractivity contribution >= 4 is 11.5 Å². The van der Waals surface area contributed by atoms with E-state index in [-0.39, 0.29) is 5.78 Å². The van der Waals surface area contributed by atoms with Gasteiger partial charge in [0.15, 0.2) is 5.78 Å². The van der Waals surface area contributed by atoms with Gasteiger partial charge < -0.3 is 5.32 Å². The van der Waals surface area contributed by atoms with Crippen LogP contribution >= 0.6 is 0 Å². The highest BCUT2D eigenvalue weighted by Crippen LogP contribution is 2.33. The normalized spacial score (nSPS) is 18.4. The summed E-state index contributed by atoms with van der Waals surface area (Å²) < 4.78 is 0. The van der Waals surface area contributed by atoms with Crippen molar-refractivity contribution in [1.82, 2.24) is 0 Å². The summed E-state index contributed by atoms with van der Waals surface area (Å²) >= 11 is 0. The van der Waals surface area contributed by atoms with Gasteiger partial charge in [-0.1, -0.05) is 24.8 Å². The lowest BCUT2D eigenvalue weighted by Gasteiger charge is -2.06. The van der Waals surface area contributed by atoms with Crippen molar-refractivity contribution in [3.05, 3.63) is 42.5 Å². The summed E-state index contributed by atoms with van der Waals surface area (Å²) in [6.45, 7) is 4.35. The molecule has 0 saturated carbocycles. The Morgan fingerprint density at radius 1 is 1.57 bits per heavy atom. The summed E-state index contributed by atoms with van der Waals surface area (Å²) in [5.41, 5.74) is 2.41. The lowest BCUT2D eigenvalue weighted by molar-refractivity contribution is -0.114. The van der Waals surface area contributed by atoms with Gasteiger partial charge in [-0.25, -0.2) is 0 Å². The summed E-state index contributed by atoms with van der Waals surface area (Å²) in [6.07, 6.45) is 1.97. The second-order valence-electron chi connectivity index (χ2n) is 3.54. The molecule has 1 heterocycles. The van der Waals surface area contributed by atoms with Gasteiger partial charge in [-0.05, 0) is 17.7 Å². The smallest absolute Gasteiger partial charge is 0.155 e.